The summed E-state index contributed by atoms with van der Waals surface area (Å²) in [5, 5.41) is 10.7. The van der Waals surface area contributed by atoms with Crippen LogP contribution in [0.15, 0.2) is 35.6 Å². The third-order valence-electron chi connectivity index (χ3n) is 3.16. The molecular formula is C16H17ClN2O. The van der Waals surface area contributed by atoms with E-state index in [1.165, 1.54) is 0 Å². The first-order valence-corrected chi connectivity index (χ1v) is 6.67. The SMILES string of the molecule is C=Nc1c(C(C)(C)C)ccc(O)c1-c1ccncc1Cl. The predicted octanol–water partition coefficient (Wildman–Crippen LogP) is 4.74. The van der Waals surface area contributed by atoms with Gasteiger partial charge in [-0.3, -0.25) is 9.98 Å². The Hall–Kier alpha value is -1.87. The molecule has 1 N–H and O–H groups in total. The Balaban J connectivity index is 2.83. The molecule has 0 saturated carbocycles. The summed E-state index contributed by atoms with van der Waals surface area (Å²) < 4.78 is 0. The lowest BCUT2D eigenvalue weighted by atomic mass is 9.83. The molecule has 20 heavy (non-hydrogen) atoms. The molecule has 2 aromatic rings. The quantitative estimate of drug-likeness (QED) is 0.812. The molecule has 0 saturated heterocycles. The van der Waals surface area contributed by atoms with Crippen LogP contribution in [0.25, 0.3) is 11.1 Å². The van der Waals surface area contributed by atoms with Crippen molar-refractivity contribution in [1.29, 1.82) is 0 Å². The van der Waals surface area contributed by atoms with Crippen LogP contribution < -0.4 is 0 Å². The number of aliphatic imine (C=N–C) groups is 1. The van der Waals surface area contributed by atoms with Crippen molar-refractivity contribution in [3.8, 4) is 16.9 Å². The Morgan fingerprint density at radius 1 is 1.25 bits per heavy atom. The molecule has 0 fully saturated rings. The van der Waals surface area contributed by atoms with Gasteiger partial charge < -0.3 is 5.11 Å². The molecule has 0 radical (unpaired) electrons. The summed E-state index contributed by atoms with van der Waals surface area (Å²) in [4.78, 5) is 8.09. The average Bonchev–Trinajstić information content (AvgIpc) is 2.38. The van der Waals surface area contributed by atoms with E-state index in [-0.39, 0.29) is 11.2 Å². The minimum absolute atomic E-state index is 0.113. The van der Waals surface area contributed by atoms with Gasteiger partial charge in [-0.15, -0.1) is 0 Å². The van der Waals surface area contributed by atoms with E-state index in [9.17, 15) is 5.11 Å². The van der Waals surface area contributed by atoms with Crippen molar-refractivity contribution in [2.45, 2.75) is 26.2 Å². The van der Waals surface area contributed by atoms with Crippen LogP contribution in [0.4, 0.5) is 5.69 Å². The first-order valence-electron chi connectivity index (χ1n) is 6.29. The molecule has 0 aliphatic heterocycles. The summed E-state index contributed by atoms with van der Waals surface area (Å²) in [5.41, 5.74) is 2.85. The zero-order valence-electron chi connectivity index (χ0n) is 11.8. The lowest BCUT2D eigenvalue weighted by molar-refractivity contribution is 0.476. The number of benzene rings is 1. The smallest absolute Gasteiger partial charge is 0.125 e. The summed E-state index contributed by atoms with van der Waals surface area (Å²) in [7, 11) is 0. The van der Waals surface area contributed by atoms with Gasteiger partial charge in [-0.2, -0.15) is 0 Å². The zero-order chi connectivity index (χ0) is 14.9. The van der Waals surface area contributed by atoms with Crippen molar-refractivity contribution in [1.82, 2.24) is 4.98 Å². The molecule has 0 atom stereocenters. The molecule has 0 unspecified atom stereocenters. The monoisotopic (exact) mass is 288 g/mol. The van der Waals surface area contributed by atoms with Crippen LogP contribution in [0, 0.1) is 0 Å². The fraction of sp³-hybridized carbons (Fsp3) is 0.250. The highest BCUT2D eigenvalue weighted by atomic mass is 35.5. The molecular weight excluding hydrogens is 272 g/mol. The summed E-state index contributed by atoms with van der Waals surface area (Å²) in [6.07, 6.45) is 3.18. The number of halogens is 1. The molecule has 0 spiro atoms. The van der Waals surface area contributed by atoms with E-state index in [0.717, 1.165) is 5.56 Å². The molecule has 1 aromatic heterocycles. The molecule has 0 aliphatic carbocycles. The number of aromatic nitrogens is 1. The molecule has 4 heteroatoms. The minimum Gasteiger partial charge on any atom is -0.507 e. The van der Waals surface area contributed by atoms with Crippen LogP contribution in [0.2, 0.25) is 5.02 Å². The Morgan fingerprint density at radius 2 is 1.95 bits per heavy atom. The summed E-state index contributed by atoms with van der Waals surface area (Å²) in [6.45, 7) is 9.91. The molecule has 0 aliphatic rings. The number of phenols is 1. The number of phenolic OH excluding ortho intramolecular Hbond substituents is 1. The largest absolute Gasteiger partial charge is 0.507 e. The van der Waals surface area contributed by atoms with Gasteiger partial charge in [0, 0.05) is 18.0 Å². The van der Waals surface area contributed by atoms with Crippen LogP contribution in [0.3, 0.4) is 0 Å². The summed E-state index contributed by atoms with van der Waals surface area (Å²) >= 11 is 6.19. The first-order chi connectivity index (χ1) is 9.36. The number of rotatable bonds is 2. The Kier molecular flexibility index (Phi) is 3.82. The lowest BCUT2D eigenvalue weighted by Gasteiger charge is -2.23. The summed E-state index contributed by atoms with van der Waals surface area (Å²) in [6, 6.07) is 5.30. The van der Waals surface area contributed by atoms with Crippen LogP contribution in [-0.4, -0.2) is 16.8 Å². The van der Waals surface area contributed by atoms with E-state index in [1.54, 1.807) is 24.5 Å². The fourth-order valence-electron chi connectivity index (χ4n) is 2.19. The summed E-state index contributed by atoms with van der Waals surface area (Å²) in [5.74, 6) is 0.133. The molecule has 0 amide bonds. The van der Waals surface area contributed by atoms with Gasteiger partial charge in [0.15, 0.2) is 0 Å². The molecule has 104 valence electrons. The third-order valence-corrected chi connectivity index (χ3v) is 3.47. The zero-order valence-corrected chi connectivity index (χ0v) is 12.6. The molecule has 3 nitrogen and oxygen atoms in total. The van der Waals surface area contributed by atoms with Gasteiger partial charge in [0.2, 0.25) is 0 Å². The van der Waals surface area contributed by atoms with Crippen LogP contribution in [0.5, 0.6) is 5.75 Å². The van der Waals surface area contributed by atoms with E-state index in [2.05, 4.69) is 37.5 Å². The van der Waals surface area contributed by atoms with Crippen molar-refractivity contribution in [2.24, 2.45) is 4.99 Å². The van der Waals surface area contributed by atoms with Gasteiger partial charge in [0.1, 0.15) is 5.75 Å². The van der Waals surface area contributed by atoms with Crippen LogP contribution >= 0.6 is 11.6 Å². The maximum absolute atomic E-state index is 10.2. The van der Waals surface area contributed by atoms with E-state index >= 15 is 0 Å². The van der Waals surface area contributed by atoms with Gasteiger partial charge in [-0.1, -0.05) is 38.4 Å². The van der Waals surface area contributed by atoms with E-state index in [0.29, 0.717) is 21.8 Å². The fourth-order valence-corrected chi connectivity index (χ4v) is 2.41. The van der Waals surface area contributed by atoms with Crippen molar-refractivity contribution >= 4 is 24.0 Å². The van der Waals surface area contributed by atoms with E-state index < -0.39 is 0 Å². The minimum atomic E-state index is -0.113. The Morgan fingerprint density at radius 3 is 2.50 bits per heavy atom. The molecule has 1 aromatic carbocycles. The average molecular weight is 289 g/mol. The van der Waals surface area contributed by atoms with Crippen molar-refractivity contribution in [2.75, 3.05) is 0 Å². The number of hydrogen-bond acceptors (Lipinski definition) is 3. The number of aromatic hydroxyl groups is 1. The Bertz CT molecular complexity index is 660. The maximum atomic E-state index is 10.2. The highest BCUT2D eigenvalue weighted by Crippen LogP contribution is 2.45. The maximum Gasteiger partial charge on any atom is 0.125 e. The van der Waals surface area contributed by atoms with Crippen LogP contribution in [0.1, 0.15) is 26.3 Å². The van der Waals surface area contributed by atoms with Gasteiger partial charge in [-0.25, -0.2) is 0 Å². The highest BCUT2D eigenvalue weighted by Gasteiger charge is 2.23. The molecule has 2 rings (SSSR count). The van der Waals surface area contributed by atoms with E-state index in [4.69, 9.17) is 11.6 Å². The van der Waals surface area contributed by atoms with Crippen molar-refractivity contribution in [3.63, 3.8) is 0 Å². The van der Waals surface area contributed by atoms with Crippen molar-refractivity contribution in [3.05, 3.63) is 41.2 Å². The Labute approximate surface area is 124 Å². The van der Waals surface area contributed by atoms with Gasteiger partial charge >= 0.3 is 0 Å². The number of nitrogens with zero attached hydrogens (tertiary/aromatic N) is 2. The standard InChI is InChI=1S/C16H17ClN2O/c1-16(2,3)11-5-6-13(20)14(15(11)18-4)10-7-8-19-9-12(10)17/h5-9,20H,4H2,1-3H3. The van der Waals surface area contributed by atoms with Crippen LogP contribution in [-0.2, 0) is 5.41 Å². The normalized spacial score (nSPS) is 11.4. The lowest BCUT2D eigenvalue weighted by Crippen LogP contribution is -2.11. The van der Waals surface area contributed by atoms with Gasteiger partial charge in [-0.05, 0) is 29.8 Å². The molecule has 1 heterocycles. The topological polar surface area (TPSA) is 45.5 Å². The highest BCUT2D eigenvalue weighted by molar-refractivity contribution is 6.33. The third kappa shape index (κ3) is 2.54. The van der Waals surface area contributed by atoms with Crippen molar-refractivity contribution < 1.29 is 5.11 Å². The second-order valence-corrected chi connectivity index (χ2v) is 6.03. The van der Waals surface area contributed by atoms with Gasteiger partial charge in [0.05, 0.1) is 16.3 Å². The second-order valence-electron chi connectivity index (χ2n) is 5.62. The second kappa shape index (κ2) is 5.25. The number of pyridine rings is 1. The predicted molar refractivity (Wildman–Crippen MR) is 84.3 cm³/mol. The number of hydrogen-bond donors (Lipinski definition) is 1. The molecule has 0 bridgehead atoms. The van der Waals surface area contributed by atoms with Gasteiger partial charge in [0.25, 0.3) is 0 Å². The first kappa shape index (κ1) is 14.5. The van der Waals surface area contributed by atoms with E-state index in [1.807, 2.05) is 6.07 Å².